The molecule has 2 nitrogen and oxygen atoms in total. The van der Waals surface area contributed by atoms with Crippen LogP contribution in [0.2, 0.25) is 0 Å². The first-order valence-corrected chi connectivity index (χ1v) is 5.65. The van der Waals surface area contributed by atoms with Crippen LogP contribution in [0.25, 0.3) is 0 Å². The van der Waals surface area contributed by atoms with Crippen LogP contribution in [-0.4, -0.2) is 19.2 Å². The summed E-state index contributed by atoms with van der Waals surface area (Å²) in [5, 5.41) is 3.27. The molecule has 2 heteroatoms. The predicted octanol–water partition coefficient (Wildman–Crippen LogP) is 2.16. The first-order valence-electron chi connectivity index (χ1n) is 5.65. The summed E-state index contributed by atoms with van der Waals surface area (Å²) in [5.41, 5.74) is 2.84. The van der Waals surface area contributed by atoms with E-state index >= 15 is 0 Å². The molecule has 82 valence electrons. The summed E-state index contributed by atoms with van der Waals surface area (Å²) in [6.07, 6.45) is 2.48. The normalized spacial score (nSPS) is 20.9. The van der Waals surface area contributed by atoms with Gasteiger partial charge in [0.1, 0.15) is 11.9 Å². The molecule has 0 radical (unpaired) electrons. The second-order valence-electron chi connectivity index (χ2n) is 4.42. The molecule has 0 bridgehead atoms. The smallest absolute Gasteiger partial charge is 0.123 e. The third-order valence-corrected chi connectivity index (χ3v) is 3.07. The molecule has 2 unspecified atom stereocenters. The maximum Gasteiger partial charge on any atom is 0.123 e. The van der Waals surface area contributed by atoms with Crippen molar-refractivity contribution in [2.45, 2.75) is 38.8 Å². The van der Waals surface area contributed by atoms with Crippen molar-refractivity contribution in [3.8, 4) is 5.75 Å². The van der Waals surface area contributed by atoms with Crippen molar-refractivity contribution < 1.29 is 4.74 Å². The highest BCUT2D eigenvalue weighted by Crippen LogP contribution is 2.31. The van der Waals surface area contributed by atoms with Gasteiger partial charge in [-0.15, -0.1) is 0 Å². The summed E-state index contributed by atoms with van der Waals surface area (Å²) in [6, 6.07) is 6.90. The van der Waals surface area contributed by atoms with Gasteiger partial charge in [-0.2, -0.15) is 0 Å². The van der Waals surface area contributed by atoms with E-state index in [-0.39, 0.29) is 0 Å². The molecule has 15 heavy (non-hydrogen) atoms. The van der Waals surface area contributed by atoms with Crippen molar-refractivity contribution in [1.82, 2.24) is 5.32 Å². The van der Waals surface area contributed by atoms with Crippen LogP contribution in [0.1, 0.15) is 25.0 Å². The molecule has 0 saturated carbocycles. The third kappa shape index (κ3) is 2.15. The van der Waals surface area contributed by atoms with E-state index in [0.717, 1.165) is 18.6 Å². The Labute approximate surface area is 91.6 Å². The van der Waals surface area contributed by atoms with Crippen LogP contribution in [-0.2, 0) is 12.8 Å². The van der Waals surface area contributed by atoms with Crippen molar-refractivity contribution >= 4 is 0 Å². The molecular formula is C13H19NO. The number of likely N-dealkylation sites (N-methyl/N-ethyl adjacent to an activating group) is 1. The summed E-state index contributed by atoms with van der Waals surface area (Å²) >= 11 is 0. The van der Waals surface area contributed by atoms with Crippen LogP contribution in [0.5, 0.6) is 5.75 Å². The highest BCUT2D eigenvalue weighted by molar-refractivity contribution is 5.43. The van der Waals surface area contributed by atoms with Gasteiger partial charge in [0.15, 0.2) is 0 Å². The number of benzene rings is 1. The lowest BCUT2D eigenvalue weighted by atomic mass is 9.98. The molecule has 1 N–H and O–H groups in total. The highest BCUT2D eigenvalue weighted by Gasteiger charge is 2.21. The Kier molecular flexibility index (Phi) is 2.96. The van der Waals surface area contributed by atoms with Crippen LogP contribution >= 0.6 is 0 Å². The van der Waals surface area contributed by atoms with Gasteiger partial charge in [-0.3, -0.25) is 0 Å². The maximum atomic E-state index is 5.74. The molecule has 0 aliphatic carbocycles. The number of rotatable bonds is 3. The number of nitrogens with one attached hydrogen (secondary N) is 1. The molecular weight excluding hydrogens is 186 g/mol. The fraction of sp³-hybridized carbons (Fsp3) is 0.538. The highest BCUT2D eigenvalue weighted by atomic mass is 16.5. The first-order chi connectivity index (χ1) is 7.20. The van der Waals surface area contributed by atoms with Crippen molar-refractivity contribution in [3.05, 3.63) is 29.3 Å². The SMILES string of the molecule is CNC(C)Cc1cccc2c1CC(C)O2. The van der Waals surface area contributed by atoms with Crippen molar-refractivity contribution in [1.29, 1.82) is 0 Å². The summed E-state index contributed by atoms with van der Waals surface area (Å²) in [5.74, 6) is 1.09. The Morgan fingerprint density at radius 1 is 1.53 bits per heavy atom. The van der Waals surface area contributed by atoms with Crippen molar-refractivity contribution in [3.63, 3.8) is 0 Å². The van der Waals surface area contributed by atoms with E-state index < -0.39 is 0 Å². The first kappa shape index (κ1) is 10.5. The zero-order chi connectivity index (χ0) is 10.8. The van der Waals surface area contributed by atoms with E-state index in [1.54, 1.807) is 0 Å². The molecule has 2 rings (SSSR count). The molecule has 2 atom stereocenters. The molecule has 0 saturated heterocycles. The standard InChI is InChI=1S/C13H19NO/c1-9(14-3)7-11-5-4-6-13-12(11)8-10(2)15-13/h4-6,9-10,14H,7-8H2,1-3H3. The van der Waals surface area contributed by atoms with Crippen LogP contribution in [0.4, 0.5) is 0 Å². The van der Waals surface area contributed by atoms with Gasteiger partial charge in [-0.25, -0.2) is 0 Å². The molecule has 0 fully saturated rings. The lowest BCUT2D eigenvalue weighted by molar-refractivity contribution is 0.254. The van der Waals surface area contributed by atoms with E-state index in [2.05, 4.69) is 37.4 Å². The lowest BCUT2D eigenvalue weighted by Gasteiger charge is -2.12. The largest absolute Gasteiger partial charge is 0.490 e. The van der Waals surface area contributed by atoms with Crippen LogP contribution < -0.4 is 10.1 Å². The average molecular weight is 205 g/mol. The van der Waals surface area contributed by atoms with Crippen molar-refractivity contribution in [2.75, 3.05) is 7.05 Å². The molecule has 1 aliphatic rings. The zero-order valence-corrected chi connectivity index (χ0v) is 9.71. The van der Waals surface area contributed by atoms with Crippen LogP contribution in [0.3, 0.4) is 0 Å². The second kappa shape index (κ2) is 4.23. The van der Waals surface area contributed by atoms with E-state index in [1.807, 2.05) is 7.05 Å². The molecule has 1 aromatic rings. The zero-order valence-electron chi connectivity index (χ0n) is 9.71. The Hall–Kier alpha value is -1.02. The van der Waals surface area contributed by atoms with Crippen molar-refractivity contribution in [2.24, 2.45) is 0 Å². The Morgan fingerprint density at radius 2 is 2.33 bits per heavy atom. The summed E-state index contributed by atoms with van der Waals surface area (Å²) in [6.45, 7) is 4.34. The van der Waals surface area contributed by atoms with Gasteiger partial charge < -0.3 is 10.1 Å². The number of hydrogen-bond donors (Lipinski definition) is 1. The average Bonchev–Trinajstić information content (AvgIpc) is 2.59. The Morgan fingerprint density at radius 3 is 3.07 bits per heavy atom. The topological polar surface area (TPSA) is 21.3 Å². The fourth-order valence-corrected chi connectivity index (χ4v) is 2.12. The van der Waals surface area contributed by atoms with E-state index in [4.69, 9.17) is 4.74 Å². The van der Waals surface area contributed by atoms with E-state index in [9.17, 15) is 0 Å². The third-order valence-electron chi connectivity index (χ3n) is 3.07. The van der Waals surface area contributed by atoms with E-state index in [0.29, 0.717) is 12.1 Å². The lowest BCUT2D eigenvalue weighted by Crippen LogP contribution is -2.24. The maximum absolute atomic E-state index is 5.74. The predicted molar refractivity (Wildman–Crippen MR) is 62.5 cm³/mol. The van der Waals surface area contributed by atoms with E-state index in [1.165, 1.54) is 11.1 Å². The fourth-order valence-electron chi connectivity index (χ4n) is 2.12. The molecule has 1 aromatic carbocycles. The summed E-state index contributed by atoms with van der Waals surface area (Å²) in [4.78, 5) is 0. The molecule has 1 aliphatic heterocycles. The van der Waals surface area contributed by atoms with Gasteiger partial charge >= 0.3 is 0 Å². The second-order valence-corrected chi connectivity index (χ2v) is 4.42. The van der Waals surface area contributed by atoms with Gasteiger partial charge in [-0.05, 0) is 38.9 Å². The number of fused-ring (bicyclic) bond motifs is 1. The van der Waals surface area contributed by atoms with Gasteiger partial charge in [0.25, 0.3) is 0 Å². The van der Waals surface area contributed by atoms with Crippen LogP contribution in [0, 0.1) is 0 Å². The Balaban J connectivity index is 2.23. The van der Waals surface area contributed by atoms with Gasteiger partial charge in [0.05, 0.1) is 0 Å². The number of ether oxygens (including phenoxy) is 1. The molecule has 0 aromatic heterocycles. The van der Waals surface area contributed by atoms with Crippen LogP contribution in [0.15, 0.2) is 18.2 Å². The molecule has 1 heterocycles. The van der Waals surface area contributed by atoms with Gasteiger partial charge in [0, 0.05) is 18.0 Å². The minimum atomic E-state index is 0.339. The minimum absolute atomic E-state index is 0.339. The minimum Gasteiger partial charge on any atom is -0.490 e. The van der Waals surface area contributed by atoms with Gasteiger partial charge in [0.2, 0.25) is 0 Å². The number of hydrogen-bond acceptors (Lipinski definition) is 2. The van der Waals surface area contributed by atoms with Gasteiger partial charge in [-0.1, -0.05) is 12.1 Å². The molecule has 0 amide bonds. The summed E-state index contributed by atoms with van der Waals surface area (Å²) in [7, 11) is 2.01. The Bertz CT molecular complexity index is 348. The molecule has 0 spiro atoms. The summed E-state index contributed by atoms with van der Waals surface area (Å²) < 4.78 is 5.74. The monoisotopic (exact) mass is 205 g/mol. The quantitative estimate of drug-likeness (QED) is 0.816.